The molecule has 0 aromatic carbocycles. The molecule has 0 aliphatic carbocycles. The number of aliphatic carboxylic acids is 1. The molecule has 8 heteroatoms. The number of hydrogen-bond acceptors (Lipinski definition) is 2. The molecule has 0 rings (SSSR count). The van der Waals surface area contributed by atoms with Crippen LogP contribution in [0.5, 0.6) is 0 Å². The van der Waals surface area contributed by atoms with E-state index in [2.05, 4.69) is 50.5 Å². The van der Waals surface area contributed by atoms with Gasteiger partial charge in [0, 0.05) is 11.8 Å². The molecule has 0 spiro atoms. The Morgan fingerprint density at radius 2 is 1.29 bits per heavy atom. The van der Waals surface area contributed by atoms with Crippen molar-refractivity contribution in [3.8, 4) is 0 Å². The van der Waals surface area contributed by atoms with Gasteiger partial charge in [-0.1, -0.05) is 78.7 Å². The molecule has 3 nitrogen and oxygen atoms in total. The molecule has 24 heavy (non-hydrogen) atoms. The predicted molar refractivity (Wildman–Crippen MR) is 98.4 cm³/mol. The van der Waals surface area contributed by atoms with Crippen molar-refractivity contribution in [3.63, 3.8) is 0 Å². The molecule has 0 radical (unpaired) electrons. The maximum Gasteiger partial charge on any atom is 1.00 e. The first-order valence-corrected chi connectivity index (χ1v) is 7.82. The fourth-order valence-corrected chi connectivity index (χ4v) is 0. The first-order valence-electron chi connectivity index (χ1n) is 6.70. The Hall–Kier alpha value is 0.410. The zero-order chi connectivity index (χ0) is 18.1. The summed E-state index contributed by atoms with van der Waals surface area (Å²) in [6.07, 6.45) is -2.26. The second-order valence-electron chi connectivity index (χ2n) is 4.73. The summed E-state index contributed by atoms with van der Waals surface area (Å²) in [6, 6.07) is 0. The zero-order valence-electron chi connectivity index (χ0n) is 15.6. The Balaban J connectivity index is -0.0000000248. The Labute approximate surface area is 179 Å². The van der Waals surface area contributed by atoms with Crippen LogP contribution in [0.15, 0.2) is 0 Å². The van der Waals surface area contributed by atoms with Crippen LogP contribution >= 0.6 is 15.9 Å². The average Bonchev–Trinajstić information content (AvgIpc) is 2.39. The van der Waals surface area contributed by atoms with Gasteiger partial charge in [0.1, 0.15) is 6.29 Å². The Morgan fingerprint density at radius 1 is 1.12 bits per heavy atom. The predicted octanol–water partition coefficient (Wildman–Crippen LogP) is 3.71. The normalized spacial score (nSPS) is 8.33. The van der Waals surface area contributed by atoms with E-state index in [0.29, 0.717) is 6.42 Å². The third-order valence-electron chi connectivity index (χ3n) is 1.53. The van der Waals surface area contributed by atoms with Gasteiger partial charge in [0.05, 0.1) is 0 Å². The van der Waals surface area contributed by atoms with Crippen LogP contribution in [-0.4, -0.2) is 28.9 Å². The van der Waals surface area contributed by atoms with Gasteiger partial charge < -0.3 is 11.3 Å². The summed E-state index contributed by atoms with van der Waals surface area (Å²) < 4.78 is 31.7. The molecule has 0 heterocycles. The van der Waals surface area contributed by atoms with Crippen molar-refractivity contribution in [1.82, 2.24) is 0 Å². The van der Waals surface area contributed by atoms with Crippen LogP contribution < -0.4 is 29.6 Å². The second-order valence-corrected chi connectivity index (χ2v) is 5.38. The van der Waals surface area contributed by atoms with Gasteiger partial charge in [-0.25, -0.2) is 4.79 Å². The van der Waals surface area contributed by atoms with E-state index in [1.54, 1.807) is 0 Å². The molecule has 0 saturated heterocycles. The first kappa shape index (κ1) is 44.1. The summed E-state index contributed by atoms with van der Waals surface area (Å²) >= 11 is 3.31. The number of hydrogen-bond donors (Lipinski definition) is 1. The van der Waals surface area contributed by atoms with Crippen molar-refractivity contribution in [2.45, 2.75) is 75.4 Å². The monoisotopic (exact) mass is 436 g/mol. The van der Waals surface area contributed by atoms with Crippen LogP contribution in [0.25, 0.3) is 0 Å². The van der Waals surface area contributed by atoms with Crippen molar-refractivity contribution >= 4 is 28.2 Å². The summed E-state index contributed by atoms with van der Waals surface area (Å²) in [5.74, 6) is -1.07. The third-order valence-corrected chi connectivity index (χ3v) is 2.83. The van der Waals surface area contributed by atoms with Crippen molar-refractivity contribution < 1.29 is 58.9 Å². The average molecular weight is 437 g/mol. The molecule has 1 N–H and O–H groups in total. The van der Waals surface area contributed by atoms with E-state index >= 15 is 0 Å². The van der Waals surface area contributed by atoms with Gasteiger partial charge in [0.2, 0.25) is 0 Å². The molecule has 0 aromatic heterocycles. The van der Waals surface area contributed by atoms with Gasteiger partial charge in [-0.15, -0.1) is 0 Å². The SMILES string of the molecule is C.C.CC(C)CBr.CCC(C)C.CCC=O.O=C(O)C(F)(F)F.[H-].[Na+]. The van der Waals surface area contributed by atoms with E-state index in [4.69, 9.17) is 9.90 Å². The van der Waals surface area contributed by atoms with E-state index in [9.17, 15) is 18.0 Å². The van der Waals surface area contributed by atoms with Gasteiger partial charge in [-0.2, -0.15) is 13.2 Å². The Kier molecular flexibility index (Phi) is 57.4. The van der Waals surface area contributed by atoms with E-state index in [1.807, 2.05) is 6.92 Å². The minimum atomic E-state index is -5.08. The van der Waals surface area contributed by atoms with Crippen molar-refractivity contribution in [3.05, 3.63) is 0 Å². The maximum absolute atomic E-state index is 10.6. The van der Waals surface area contributed by atoms with E-state index < -0.39 is 12.1 Å². The Morgan fingerprint density at radius 3 is 1.29 bits per heavy atom. The molecular formula is C16H37BrF3NaO3. The molecular weight excluding hydrogens is 400 g/mol. The molecule has 0 saturated carbocycles. The van der Waals surface area contributed by atoms with E-state index in [1.165, 1.54) is 6.42 Å². The summed E-state index contributed by atoms with van der Waals surface area (Å²) in [6.45, 7) is 12.8. The number of carboxylic acid groups (broad SMARTS) is 1. The van der Waals surface area contributed by atoms with E-state index in [-0.39, 0.29) is 45.8 Å². The third kappa shape index (κ3) is 78.9. The summed E-state index contributed by atoms with van der Waals surface area (Å²) in [5, 5.41) is 8.24. The molecule has 0 amide bonds. The minimum absolute atomic E-state index is 0. The Bertz CT molecular complexity index is 235. The molecule has 148 valence electrons. The molecule has 0 aromatic rings. The van der Waals surface area contributed by atoms with Crippen molar-refractivity contribution in [2.75, 3.05) is 5.33 Å². The summed E-state index contributed by atoms with van der Waals surface area (Å²) in [4.78, 5) is 18.1. The molecule has 0 aliphatic heterocycles. The van der Waals surface area contributed by atoms with Gasteiger partial charge in [-0.05, 0) is 11.8 Å². The maximum atomic E-state index is 10.6. The number of alkyl halides is 4. The number of carbonyl (C=O) groups is 2. The van der Waals surface area contributed by atoms with E-state index in [0.717, 1.165) is 23.5 Å². The van der Waals surface area contributed by atoms with Crippen LogP contribution in [-0.2, 0) is 9.59 Å². The second kappa shape index (κ2) is 31.2. The number of carboxylic acids is 1. The fraction of sp³-hybridized carbons (Fsp3) is 0.875. The zero-order valence-corrected chi connectivity index (χ0v) is 18.2. The smallest absolute Gasteiger partial charge is 1.00 e. The topological polar surface area (TPSA) is 54.4 Å². The molecule has 0 unspecified atom stereocenters. The van der Waals surface area contributed by atoms with Gasteiger partial charge in [0.15, 0.2) is 0 Å². The summed E-state index contributed by atoms with van der Waals surface area (Å²) in [7, 11) is 0. The van der Waals surface area contributed by atoms with Gasteiger partial charge in [-0.3, -0.25) is 0 Å². The van der Waals surface area contributed by atoms with Crippen LogP contribution in [0, 0.1) is 11.8 Å². The molecule has 0 aliphatic rings. The first-order chi connectivity index (χ1) is 9.40. The van der Waals surface area contributed by atoms with Crippen LogP contribution in [0.1, 0.15) is 70.7 Å². The summed E-state index contributed by atoms with van der Waals surface area (Å²) in [5.41, 5.74) is 0. The van der Waals surface area contributed by atoms with Crippen LogP contribution in [0.4, 0.5) is 13.2 Å². The molecule has 0 bridgehead atoms. The number of aldehydes is 1. The van der Waals surface area contributed by atoms with Crippen molar-refractivity contribution in [2.24, 2.45) is 11.8 Å². The van der Waals surface area contributed by atoms with Crippen LogP contribution in [0.2, 0.25) is 0 Å². The standard InChI is InChI=1S/C5H12.C4H9Br.C3H6O.C2HF3O2.2CH4.Na.H/c1-4-5(2)3;1-4(2)3-5;1-2-3-4;3-2(4,5)1(6)7;;;;/h5H,4H2,1-3H3;4H,3H2,1-2H3;3H,2H2,1H3;(H,6,7);2*1H4;;/q;;;;;;+1;-1. The quantitative estimate of drug-likeness (QED) is 0.416. The number of rotatable bonds is 3. The van der Waals surface area contributed by atoms with Gasteiger partial charge in [0.25, 0.3) is 0 Å². The fourth-order valence-electron chi connectivity index (χ4n) is 0. The number of halogens is 4. The minimum Gasteiger partial charge on any atom is -1.00 e. The molecule has 0 fully saturated rings. The van der Waals surface area contributed by atoms with Crippen molar-refractivity contribution in [1.29, 1.82) is 0 Å². The largest absolute Gasteiger partial charge is 1.00 e. The van der Waals surface area contributed by atoms with Gasteiger partial charge >= 0.3 is 41.7 Å². The van der Waals surface area contributed by atoms with Crippen LogP contribution in [0.3, 0.4) is 0 Å². The molecule has 0 atom stereocenters. The number of carbonyl (C=O) groups excluding carboxylic acids is 1.